The first-order valence-electron chi connectivity index (χ1n) is 6.12. The van der Waals surface area contributed by atoms with Gasteiger partial charge in [-0.15, -0.1) is 0 Å². The largest absolute Gasteiger partial charge is 0.297 e. The number of nitrogens with two attached hydrogens (primary N) is 1. The second-order valence-corrected chi connectivity index (χ2v) is 6.81. The molecule has 0 heterocycles. The predicted octanol–water partition coefficient (Wildman–Crippen LogP) is 3.03. The maximum absolute atomic E-state index is 13.0. The maximum atomic E-state index is 13.0. The summed E-state index contributed by atoms with van der Waals surface area (Å²) in [6.45, 7) is 0. The van der Waals surface area contributed by atoms with Crippen molar-refractivity contribution in [2.75, 3.05) is 0 Å². The van der Waals surface area contributed by atoms with Gasteiger partial charge in [-0.25, -0.2) is 0 Å². The quantitative estimate of drug-likeness (QED) is 0.725. The molecule has 3 aromatic carbocycles. The zero-order valence-corrected chi connectivity index (χ0v) is 11.3. The fraction of sp³-hybridized carbons (Fsp3) is 0. The van der Waals surface area contributed by atoms with Crippen LogP contribution in [0, 0.1) is 0 Å². The Kier molecular flexibility index (Phi) is 2.98. The van der Waals surface area contributed by atoms with Gasteiger partial charge in [-0.2, -0.15) is 0 Å². The molecule has 0 unspecified atom stereocenters. The van der Waals surface area contributed by atoms with Crippen molar-refractivity contribution in [3.05, 3.63) is 72.8 Å². The SMILES string of the molecule is N[P@@](=O)(c1ccccc1)c1cccc2ccccc12. The first kappa shape index (κ1) is 12.2. The van der Waals surface area contributed by atoms with Crippen LogP contribution in [-0.2, 0) is 4.57 Å². The van der Waals surface area contributed by atoms with E-state index < -0.39 is 7.29 Å². The van der Waals surface area contributed by atoms with Gasteiger partial charge in [0.05, 0.1) is 0 Å². The lowest BCUT2D eigenvalue weighted by atomic mass is 10.1. The lowest BCUT2D eigenvalue weighted by molar-refractivity contribution is 0.588. The molecule has 94 valence electrons. The summed E-state index contributed by atoms with van der Waals surface area (Å²) in [4.78, 5) is 0. The van der Waals surface area contributed by atoms with E-state index in [4.69, 9.17) is 5.50 Å². The van der Waals surface area contributed by atoms with Gasteiger partial charge in [0.15, 0.2) is 0 Å². The van der Waals surface area contributed by atoms with Crippen LogP contribution in [0.15, 0.2) is 72.8 Å². The summed E-state index contributed by atoms with van der Waals surface area (Å²) in [5.74, 6) is 0. The van der Waals surface area contributed by atoms with Gasteiger partial charge in [0, 0.05) is 10.6 Å². The van der Waals surface area contributed by atoms with E-state index in [1.807, 2.05) is 72.8 Å². The van der Waals surface area contributed by atoms with E-state index in [0.717, 1.165) is 16.1 Å². The molecule has 0 aliphatic carbocycles. The van der Waals surface area contributed by atoms with Gasteiger partial charge in [0.1, 0.15) is 0 Å². The van der Waals surface area contributed by atoms with Crippen molar-refractivity contribution in [3.63, 3.8) is 0 Å². The molecule has 0 bridgehead atoms. The summed E-state index contributed by atoms with van der Waals surface area (Å²) in [6.07, 6.45) is 0. The van der Waals surface area contributed by atoms with Crippen LogP contribution in [0.2, 0.25) is 0 Å². The van der Waals surface area contributed by atoms with Crippen LogP contribution < -0.4 is 16.1 Å². The van der Waals surface area contributed by atoms with Gasteiger partial charge in [0.2, 0.25) is 7.29 Å². The van der Waals surface area contributed by atoms with Crippen LogP contribution >= 0.6 is 7.29 Å². The van der Waals surface area contributed by atoms with Crippen LogP contribution in [-0.4, -0.2) is 0 Å². The third kappa shape index (κ3) is 2.10. The van der Waals surface area contributed by atoms with E-state index in [2.05, 4.69) is 0 Å². The molecule has 0 fully saturated rings. The van der Waals surface area contributed by atoms with Crippen LogP contribution in [0.4, 0.5) is 0 Å². The monoisotopic (exact) mass is 267 g/mol. The van der Waals surface area contributed by atoms with Gasteiger partial charge >= 0.3 is 0 Å². The normalized spacial score (nSPS) is 14.2. The molecule has 3 heteroatoms. The molecular formula is C16H14NOP. The maximum Gasteiger partial charge on any atom is 0.202 e. The average Bonchev–Trinajstić information content (AvgIpc) is 2.47. The highest BCUT2D eigenvalue weighted by molar-refractivity contribution is 7.77. The summed E-state index contributed by atoms with van der Waals surface area (Å²) < 4.78 is 13.0. The van der Waals surface area contributed by atoms with Crippen LogP contribution in [0.5, 0.6) is 0 Å². The molecule has 0 aromatic heterocycles. The smallest absolute Gasteiger partial charge is 0.202 e. The molecular weight excluding hydrogens is 253 g/mol. The minimum Gasteiger partial charge on any atom is -0.297 e. The van der Waals surface area contributed by atoms with E-state index in [0.29, 0.717) is 5.30 Å². The Bertz CT molecular complexity index is 763. The molecule has 0 aliphatic rings. The third-order valence-electron chi connectivity index (χ3n) is 3.26. The fourth-order valence-corrected chi connectivity index (χ4v) is 4.05. The Morgan fingerprint density at radius 2 is 1.37 bits per heavy atom. The van der Waals surface area contributed by atoms with Crippen LogP contribution in [0.25, 0.3) is 10.8 Å². The van der Waals surface area contributed by atoms with Crippen molar-refractivity contribution in [2.45, 2.75) is 0 Å². The second kappa shape index (κ2) is 4.65. The molecule has 19 heavy (non-hydrogen) atoms. The van der Waals surface area contributed by atoms with E-state index >= 15 is 0 Å². The fourth-order valence-electron chi connectivity index (χ4n) is 2.29. The molecule has 0 saturated carbocycles. The molecule has 2 N–H and O–H groups in total. The Labute approximate surface area is 112 Å². The number of fused-ring (bicyclic) bond motifs is 1. The van der Waals surface area contributed by atoms with Crippen molar-refractivity contribution in [1.82, 2.24) is 0 Å². The van der Waals surface area contributed by atoms with Crippen molar-refractivity contribution in [2.24, 2.45) is 5.50 Å². The van der Waals surface area contributed by atoms with E-state index in [1.165, 1.54) is 0 Å². The lowest BCUT2D eigenvalue weighted by Crippen LogP contribution is -2.22. The van der Waals surface area contributed by atoms with Crippen molar-refractivity contribution >= 4 is 28.7 Å². The number of rotatable bonds is 2. The Balaban J connectivity index is 2.28. The molecule has 3 aromatic rings. The molecule has 0 aliphatic heterocycles. The first-order chi connectivity index (χ1) is 9.19. The molecule has 0 radical (unpaired) electrons. The minimum absolute atomic E-state index is 0.686. The highest BCUT2D eigenvalue weighted by atomic mass is 31.2. The van der Waals surface area contributed by atoms with Gasteiger partial charge in [-0.1, -0.05) is 54.6 Å². The number of benzene rings is 3. The number of hydrogen-bond donors (Lipinski definition) is 1. The highest BCUT2D eigenvalue weighted by Crippen LogP contribution is 2.36. The second-order valence-electron chi connectivity index (χ2n) is 4.49. The Morgan fingerprint density at radius 3 is 2.16 bits per heavy atom. The van der Waals surface area contributed by atoms with Crippen molar-refractivity contribution < 1.29 is 4.57 Å². The van der Waals surface area contributed by atoms with Crippen molar-refractivity contribution in [1.29, 1.82) is 0 Å². The zero-order chi connectivity index (χ0) is 13.3. The van der Waals surface area contributed by atoms with Crippen LogP contribution in [0.3, 0.4) is 0 Å². The zero-order valence-electron chi connectivity index (χ0n) is 10.4. The van der Waals surface area contributed by atoms with Gasteiger partial charge in [0.25, 0.3) is 0 Å². The molecule has 0 saturated heterocycles. The lowest BCUT2D eigenvalue weighted by Gasteiger charge is -2.15. The van der Waals surface area contributed by atoms with E-state index in [-0.39, 0.29) is 0 Å². The first-order valence-corrected chi connectivity index (χ1v) is 7.90. The summed E-state index contributed by atoms with van der Waals surface area (Å²) in [7, 11) is -3.04. The van der Waals surface area contributed by atoms with E-state index in [1.54, 1.807) is 0 Å². The summed E-state index contributed by atoms with van der Waals surface area (Å²) >= 11 is 0. The Morgan fingerprint density at radius 1 is 0.737 bits per heavy atom. The molecule has 2 nitrogen and oxygen atoms in total. The standard InChI is InChI=1S/C16H14NOP/c17-19(18,14-9-2-1-3-10-14)16-12-6-8-13-7-4-5-11-15(13)16/h1-12H,(H2,17,18)/t19-/m1/s1. The molecule has 1 atom stereocenters. The summed E-state index contributed by atoms with van der Waals surface area (Å²) in [6, 6.07) is 22.9. The van der Waals surface area contributed by atoms with Gasteiger partial charge in [-0.05, 0) is 29.0 Å². The summed E-state index contributed by atoms with van der Waals surface area (Å²) in [5, 5.41) is 3.42. The average molecular weight is 267 g/mol. The third-order valence-corrected chi connectivity index (χ3v) is 5.44. The molecule has 0 spiro atoms. The predicted molar refractivity (Wildman–Crippen MR) is 81.5 cm³/mol. The minimum atomic E-state index is -3.04. The van der Waals surface area contributed by atoms with Crippen LogP contribution in [0.1, 0.15) is 0 Å². The Hall–Kier alpha value is -1.89. The molecule has 0 amide bonds. The van der Waals surface area contributed by atoms with Gasteiger partial charge in [-0.3, -0.25) is 10.1 Å². The van der Waals surface area contributed by atoms with E-state index in [9.17, 15) is 4.57 Å². The molecule has 3 rings (SSSR count). The van der Waals surface area contributed by atoms with Gasteiger partial charge < -0.3 is 0 Å². The number of hydrogen-bond acceptors (Lipinski definition) is 1. The topological polar surface area (TPSA) is 43.1 Å². The highest BCUT2D eigenvalue weighted by Gasteiger charge is 2.23. The van der Waals surface area contributed by atoms with Crippen molar-refractivity contribution in [3.8, 4) is 0 Å². The summed E-state index contributed by atoms with van der Waals surface area (Å²) in [5.41, 5.74) is 6.18.